The van der Waals surface area contributed by atoms with E-state index in [1.807, 2.05) is 6.20 Å². The molecule has 0 aliphatic carbocycles. The lowest BCUT2D eigenvalue weighted by molar-refractivity contribution is 0.195. The predicted octanol–water partition coefficient (Wildman–Crippen LogP) is 2.72. The second kappa shape index (κ2) is 5.68. The number of piperazine rings is 1. The van der Waals surface area contributed by atoms with Crippen molar-refractivity contribution in [2.75, 3.05) is 26.7 Å². The highest BCUT2D eigenvalue weighted by Crippen LogP contribution is 2.27. The Morgan fingerprint density at radius 1 is 1.40 bits per heavy atom. The number of imidazole rings is 1. The minimum atomic E-state index is 0.324. The summed E-state index contributed by atoms with van der Waals surface area (Å²) in [4.78, 5) is 10.4. The molecule has 1 aromatic heterocycles. The average molecular weight is 335 g/mol. The number of aromatic amines is 1. The fourth-order valence-electron chi connectivity index (χ4n) is 2.64. The van der Waals surface area contributed by atoms with E-state index in [0.717, 1.165) is 35.6 Å². The second-order valence-electron chi connectivity index (χ2n) is 5.34. The number of benzene rings is 1. The number of nitrogens with zero attached hydrogens (tertiary/aromatic N) is 2. The van der Waals surface area contributed by atoms with Gasteiger partial charge < -0.3 is 10.3 Å². The van der Waals surface area contributed by atoms with Gasteiger partial charge >= 0.3 is 0 Å². The average Bonchev–Trinajstić information content (AvgIpc) is 2.91. The van der Waals surface area contributed by atoms with Gasteiger partial charge in [0.1, 0.15) is 5.82 Å². The van der Waals surface area contributed by atoms with Crippen molar-refractivity contribution >= 4 is 15.9 Å². The van der Waals surface area contributed by atoms with Crippen LogP contribution in [0.1, 0.15) is 17.4 Å². The third-order valence-electron chi connectivity index (χ3n) is 3.91. The maximum Gasteiger partial charge on any atom is 0.125 e. The molecule has 2 heterocycles. The molecular weight excluding hydrogens is 316 g/mol. The number of nitrogens with one attached hydrogen (secondary N) is 2. The SMILES string of the molecule is Cc1ccc(Br)cc1-c1cnc(C2CNCCN2C)[nH]1. The summed E-state index contributed by atoms with van der Waals surface area (Å²) >= 11 is 3.53. The number of hydrogen-bond acceptors (Lipinski definition) is 3. The lowest BCUT2D eigenvalue weighted by atomic mass is 10.1. The van der Waals surface area contributed by atoms with Crippen molar-refractivity contribution in [2.24, 2.45) is 0 Å². The molecule has 20 heavy (non-hydrogen) atoms. The Balaban J connectivity index is 1.91. The molecule has 106 valence electrons. The van der Waals surface area contributed by atoms with E-state index < -0.39 is 0 Å². The molecule has 5 heteroatoms. The summed E-state index contributed by atoms with van der Waals surface area (Å²) in [6.45, 7) is 5.17. The zero-order valence-corrected chi connectivity index (χ0v) is 13.4. The summed E-state index contributed by atoms with van der Waals surface area (Å²) < 4.78 is 1.09. The number of rotatable bonds is 2. The van der Waals surface area contributed by atoms with Gasteiger partial charge in [0.05, 0.1) is 17.9 Å². The van der Waals surface area contributed by atoms with E-state index in [0.29, 0.717) is 6.04 Å². The molecule has 1 aliphatic heterocycles. The molecule has 4 nitrogen and oxygen atoms in total. The molecular formula is C15H19BrN4. The molecule has 1 fully saturated rings. The minimum absolute atomic E-state index is 0.324. The first-order valence-electron chi connectivity index (χ1n) is 6.87. The third-order valence-corrected chi connectivity index (χ3v) is 4.41. The summed E-state index contributed by atoms with van der Waals surface area (Å²) in [5.74, 6) is 1.04. The first kappa shape index (κ1) is 13.8. The number of aromatic nitrogens is 2. The minimum Gasteiger partial charge on any atom is -0.341 e. The van der Waals surface area contributed by atoms with E-state index in [1.54, 1.807) is 0 Å². The maximum absolute atomic E-state index is 4.58. The molecule has 0 bridgehead atoms. The van der Waals surface area contributed by atoms with E-state index in [2.05, 4.69) is 68.3 Å². The highest BCUT2D eigenvalue weighted by Gasteiger charge is 2.23. The van der Waals surface area contributed by atoms with Crippen LogP contribution < -0.4 is 5.32 Å². The Labute approximate surface area is 127 Å². The monoisotopic (exact) mass is 334 g/mol. The summed E-state index contributed by atoms with van der Waals surface area (Å²) in [7, 11) is 2.15. The Kier molecular flexibility index (Phi) is 3.92. The van der Waals surface area contributed by atoms with Crippen molar-refractivity contribution in [1.82, 2.24) is 20.2 Å². The highest BCUT2D eigenvalue weighted by atomic mass is 79.9. The van der Waals surface area contributed by atoms with Crippen molar-refractivity contribution in [3.05, 3.63) is 40.3 Å². The molecule has 1 aromatic carbocycles. The van der Waals surface area contributed by atoms with Gasteiger partial charge in [0.15, 0.2) is 0 Å². The topological polar surface area (TPSA) is 44.0 Å². The standard InChI is InChI=1S/C15H19BrN4/c1-10-3-4-11(16)7-12(10)13-8-18-15(19-13)14-9-17-5-6-20(14)2/h3-4,7-8,14,17H,5-6,9H2,1-2H3,(H,18,19). The normalized spacial score (nSPS) is 20.2. The Morgan fingerprint density at radius 3 is 3.05 bits per heavy atom. The first-order chi connectivity index (χ1) is 9.65. The molecule has 2 aromatic rings. The lowest BCUT2D eigenvalue weighted by Crippen LogP contribution is -2.44. The van der Waals surface area contributed by atoms with Gasteiger partial charge in [0, 0.05) is 29.7 Å². The smallest absolute Gasteiger partial charge is 0.125 e. The molecule has 1 atom stereocenters. The summed E-state index contributed by atoms with van der Waals surface area (Å²) in [6.07, 6.45) is 1.94. The zero-order valence-electron chi connectivity index (χ0n) is 11.8. The number of likely N-dealkylation sites (N-methyl/N-ethyl adjacent to an activating group) is 1. The third kappa shape index (κ3) is 2.66. The van der Waals surface area contributed by atoms with Crippen molar-refractivity contribution in [2.45, 2.75) is 13.0 Å². The van der Waals surface area contributed by atoms with Crippen LogP contribution in [0.4, 0.5) is 0 Å². The number of halogens is 1. The Morgan fingerprint density at radius 2 is 2.25 bits per heavy atom. The van der Waals surface area contributed by atoms with Gasteiger partial charge in [-0.15, -0.1) is 0 Å². The molecule has 1 unspecified atom stereocenters. The van der Waals surface area contributed by atoms with E-state index in [9.17, 15) is 0 Å². The molecule has 1 aliphatic rings. The van der Waals surface area contributed by atoms with Crippen molar-refractivity contribution in [3.63, 3.8) is 0 Å². The number of aryl methyl sites for hydroxylation is 1. The first-order valence-corrected chi connectivity index (χ1v) is 7.67. The summed E-state index contributed by atoms with van der Waals surface area (Å²) in [5, 5.41) is 3.42. The van der Waals surface area contributed by atoms with Gasteiger partial charge in [-0.05, 0) is 31.7 Å². The molecule has 0 saturated carbocycles. The molecule has 1 saturated heterocycles. The van der Waals surface area contributed by atoms with Crippen molar-refractivity contribution < 1.29 is 0 Å². The van der Waals surface area contributed by atoms with Gasteiger partial charge in [0.2, 0.25) is 0 Å². The maximum atomic E-state index is 4.58. The van der Waals surface area contributed by atoms with Gasteiger partial charge in [-0.25, -0.2) is 4.98 Å². The van der Waals surface area contributed by atoms with E-state index >= 15 is 0 Å². The van der Waals surface area contributed by atoms with Gasteiger partial charge in [-0.2, -0.15) is 0 Å². The van der Waals surface area contributed by atoms with Crippen molar-refractivity contribution in [1.29, 1.82) is 0 Å². The fourth-order valence-corrected chi connectivity index (χ4v) is 3.00. The van der Waals surface area contributed by atoms with Gasteiger partial charge in [0.25, 0.3) is 0 Å². The second-order valence-corrected chi connectivity index (χ2v) is 6.26. The highest BCUT2D eigenvalue weighted by molar-refractivity contribution is 9.10. The van der Waals surface area contributed by atoms with Crippen LogP contribution >= 0.6 is 15.9 Å². The molecule has 0 amide bonds. The van der Waals surface area contributed by atoms with Crippen molar-refractivity contribution in [3.8, 4) is 11.3 Å². The fraction of sp³-hybridized carbons (Fsp3) is 0.400. The van der Waals surface area contributed by atoms with Crippen LogP contribution in [0, 0.1) is 6.92 Å². The number of H-pyrrole nitrogens is 1. The van der Waals surface area contributed by atoms with Crippen LogP contribution in [-0.4, -0.2) is 41.5 Å². The van der Waals surface area contributed by atoms with Crippen LogP contribution in [0.5, 0.6) is 0 Å². The Bertz CT molecular complexity index is 608. The summed E-state index contributed by atoms with van der Waals surface area (Å²) in [5.41, 5.74) is 3.53. The largest absolute Gasteiger partial charge is 0.341 e. The zero-order chi connectivity index (χ0) is 14.1. The van der Waals surface area contributed by atoms with Crippen LogP contribution in [0.3, 0.4) is 0 Å². The van der Waals surface area contributed by atoms with E-state index in [1.165, 1.54) is 11.1 Å². The molecule has 0 radical (unpaired) electrons. The van der Waals surface area contributed by atoms with Crippen LogP contribution in [0.15, 0.2) is 28.9 Å². The quantitative estimate of drug-likeness (QED) is 0.887. The van der Waals surface area contributed by atoms with Crippen LogP contribution in [0.2, 0.25) is 0 Å². The van der Waals surface area contributed by atoms with Gasteiger partial charge in [-0.1, -0.05) is 22.0 Å². The van der Waals surface area contributed by atoms with E-state index in [4.69, 9.17) is 0 Å². The number of hydrogen-bond donors (Lipinski definition) is 2. The molecule has 0 spiro atoms. The van der Waals surface area contributed by atoms with Crippen LogP contribution in [0.25, 0.3) is 11.3 Å². The molecule has 3 rings (SSSR count). The van der Waals surface area contributed by atoms with Gasteiger partial charge in [-0.3, -0.25) is 4.90 Å². The summed E-state index contributed by atoms with van der Waals surface area (Å²) in [6, 6.07) is 6.64. The lowest BCUT2D eigenvalue weighted by Gasteiger charge is -2.31. The predicted molar refractivity (Wildman–Crippen MR) is 84.7 cm³/mol. The Hall–Kier alpha value is -1.17. The van der Waals surface area contributed by atoms with E-state index in [-0.39, 0.29) is 0 Å². The van der Waals surface area contributed by atoms with Crippen LogP contribution in [-0.2, 0) is 0 Å². The molecule has 2 N–H and O–H groups in total.